The van der Waals surface area contributed by atoms with Crippen LogP contribution in [-0.4, -0.2) is 69.8 Å². The molecule has 3 N–H and O–H groups in total. The molecule has 0 radical (unpaired) electrons. The number of carboxylic acids is 1. The summed E-state index contributed by atoms with van der Waals surface area (Å²) in [5.41, 5.74) is 3.33. The summed E-state index contributed by atoms with van der Waals surface area (Å²) in [5.74, 6) is -2.35. The van der Waals surface area contributed by atoms with Gasteiger partial charge in [0.2, 0.25) is 5.96 Å². The molecule has 0 aliphatic carbocycles. The number of amides is 1. The normalized spacial score (nSPS) is 18.5. The van der Waals surface area contributed by atoms with Gasteiger partial charge in [-0.3, -0.25) is 10.1 Å². The fourth-order valence-electron chi connectivity index (χ4n) is 3.76. The van der Waals surface area contributed by atoms with Crippen LogP contribution < -0.4 is 5.32 Å². The highest BCUT2D eigenvalue weighted by Gasteiger charge is 2.38. The first-order valence-corrected chi connectivity index (χ1v) is 10.9. The zero-order valence-corrected chi connectivity index (χ0v) is 20.1. The molecule has 9 nitrogen and oxygen atoms in total. The lowest BCUT2D eigenvalue weighted by Gasteiger charge is -2.33. The van der Waals surface area contributed by atoms with Crippen LogP contribution in [0.25, 0.3) is 17.1 Å². The Morgan fingerprint density at radius 1 is 1.22 bits per heavy atom. The van der Waals surface area contributed by atoms with E-state index in [1.807, 2.05) is 36.5 Å². The van der Waals surface area contributed by atoms with E-state index in [9.17, 15) is 18.0 Å². The van der Waals surface area contributed by atoms with Gasteiger partial charge in [-0.1, -0.05) is 30.3 Å². The smallest absolute Gasteiger partial charge is 0.475 e. The Labute approximate surface area is 215 Å². The molecule has 37 heavy (non-hydrogen) atoms. The lowest BCUT2D eigenvalue weighted by atomic mass is 10.1. The largest absolute Gasteiger partial charge is 0.490 e. The van der Waals surface area contributed by atoms with E-state index in [0.717, 1.165) is 23.0 Å². The molecule has 4 heterocycles. The molecule has 3 aromatic rings. The first-order valence-electron chi connectivity index (χ1n) is 10.9. The quantitative estimate of drug-likeness (QED) is 0.441. The number of carboxylic acid groups (broad SMARTS) is 1. The number of guanidine groups is 1. The van der Waals surface area contributed by atoms with Crippen LogP contribution in [-0.2, 0) is 20.7 Å². The van der Waals surface area contributed by atoms with Gasteiger partial charge in [-0.25, -0.2) is 14.8 Å². The number of morpholine rings is 1. The average molecular weight is 538 g/mol. The third-order valence-corrected chi connectivity index (χ3v) is 5.45. The predicted octanol–water partition coefficient (Wildman–Crippen LogP) is 3.39. The highest BCUT2D eigenvalue weighted by molar-refractivity contribution is 6.14. The lowest BCUT2D eigenvalue weighted by Crippen LogP contribution is -2.50. The Morgan fingerprint density at radius 3 is 2.65 bits per heavy atom. The summed E-state index contributed by atoms with van der Waals surface area (Å²) < 4.78 is 37.7. The second kappa shape index (κ2) is 11.9. The van der Waals surface area contributed by atoms with Crippen molar-refractivity contribution in [2.45, 2.75) is 18.7 Å². The van der Waals surface area contributed by atoms with Gasteiger partial charge in [-0.05, 0) is 23.8 Å². The van der Waals surface area contributed by atoms with Crippen LogP contribution in [0.2, 0.25) is 0 Å². The molecule has 2 aromatic heterocycles. The van der Waals surface area contributed by atoms with E-state index in [2.05, 4.69) is 37.3 Å². The number of carbonyl (C=O) groups excluding carboxylic acids is 1. The van der Waals surface area contributed by atoms with E-state index < -0.39 is 12.1 Å². The molecule has 1 saturated heterocycles. The molecule has 196 valence electrons. The molecule has 1 atom stereocenters. The van der Waals surface area contributed by atoms with Crippen LogP contribution in [0.15, 0.2) is 65.5 Å². The number of fused-ring (bicyclic) bond motifs is 1. The Balaban J connectivity index is 0.000000422. The fourth-order valence-corrected chi connectivity index (χ4v) is 3.76. The van der Waals surface area contributed by atoms with Crippen molar-refractivity contribution < 1.29 is 32.6 Å². The highest BCUT2D eigenvalue weighted by atomic mass is 35.5. The van der Waals surface area contributed by atoms with Crippen molar-refractivity contribution >= 4 is 47.4 Å². The number of alkyl halides is 3. The summed E-state index contributed by atoms with van der Waals surface area (Å²) in [6.07, 6.45) is 1.20. The minimum Gasteiger partial charge on any atom is -0.475 e. The maximum atomic E-state index is 12.5. The molecule has 0 bridgehead atoms. The number of aromatic nitrogens is 2. The summed E-state index contributed by atoms with van der Waals surface area (Å²) in [6.45, 7) is 2.01. The number of hydrogen-bond acceptors (Lipinski definition) is 6. The number of nitrogens with zero attached hydrogens (tertiary/aromatic N) is 3. The predicted molar refractivity (Wildman–Crippen MR) is 132 cm³/mol. The van der Waals surface area contributed by atoms with E-state index in [4.69, 9.17) is 14.6 Å². The van der Waals surface area contributed by atoms with E-state index >= 15 is 0 Å². The van der Waals surface area contributed by atoms with Crippen molar-refractivity contribution in [3.05, 3.63) is 71.7 Å². The van der Waals surface area contributed by atoms with Gasteiger partial charge < -0.3 is 19.7 Å². The summed E-state index contributed by atoms with van der Waals surface area (Å²) >= 11 is 0. The number of aliphatic carboxylic acids is 1. The van der Waals surface area contributed by atoms with Crippen LogP contribution in [0.1, 0.15) is 11.1 Å². The minimum atomic E-state index is -5.08. The molecule has 0 saturated carbocycles. The van der Waals surface area contributed by atoms with Crippen molar-refractivity contribution in [2.75, 3.05) is 19.7 Å². The second-order valence-electron chi connectivity index (χ2n) is 7.99. The van der Waals surface area contributed by atoms with E-state index in [0.29, 0.717) is 31.4 Å². The number of H-pyrrole nitrogens is 1. The van der Waals surface area contributed by atoms with Crippen molar-refractivity contribution in [1.82, 2.24) is 20.2 Å². The molecule has 5 rings (SSSR count). The number of rotatable bonds is 3. The number of aromatic amines is 1. The SMILES string of the molecule is Cl.O=C(O)C(F)(F)F.O=C1NC(N2CCO[C@H](Cc3ccccc3)C2)=NC1=Cc1c[nH]c2ncccc12. The minimum absolute atomic E-state index is 0. The zero-order chi connectivity index (χ0) is 25.7. The monoisotopic (exact) mass is 537 g/mol. The Bertz CT molecular complexity index is 1310. The zero-order valence-electron chi connectivity index (χ0n) is 19.2. The van der Waals surface area contributed by atoms with Gasteiger partial charge in [-0.15, -0.1) is 12.4 Å². The number of pyridine rings is 1. The molecule has 1 amide bonds. The van der Waals surface area contributed by atoms with Gasteiger partial charge in [0.25, 0.3) is 5.91 Å². The summed E-state index contributed by atoms with van der Waals surface area (Å²) in [4.78, 5) is 35.4. The van der Waals surface area contributed by atoms with E-state index in [1.54, 1.807) is 12.3 Å². The van der Waals surface area contributed by atoms with Crippen LogP contribution in [0.5, 0.6) is 0 Å². The number of ether oxygens (including phenoxy) is 1. The first kappa shape index (κ1) is 27.7. The summed E-state index contributed by atoms with van der Waals surface area (Å²) in [7, 11) is 0. The van der Waals surface area contributed by atoms with Gasteiger partial charge >= 0.3 is 12.1 Å². The number of benzene rings is 1. The molecule has 0 unspecified atom stereocenters. The average Bonchev–Trinajstić information content (AvgIpc) is 3.43. The van der Waals surface area contributed by atoms with Crippen molar-refractivity contribution in [3.8, 4) is 0 Å². The number of halogens is 4. The van der Waals surface area contributed by atoms with Crippen LogP contribution in [0.3, 0.4) is 0 Å². The summed E-state index contributed by atoms with van der Waals surface area (Å²) in [6, 6.07) is 14.1. The van der Waals surface area contributed by atoms with Crippen LogP contribution in [0.4, 0.5) is 13.2 Å². The number of aliphatic imine (C=N–C) groups is 1. The molecule has 2 aliphatic rings. The van der Waals surface area contributed by atoms with Crippen molar-refractivity contribution in [2.24, 2.45) is 4.99 Å². The van der Waals surface area contributed by atoms with Gasteiger partial charge in [-0.2, -0.15) is 13.2 Å². The summed E-state index contributed by atoms with van der Waals surface area (Å²) in [5, 5.41) is 11.0. The van der Waals surface area contributed by atoms with Crippen molar-refractivity contribution in [3.63, 3.8) is 0 Å². The lowest BCUT2D eigenvalue weighted by molar-refractivity contribution is -0.192. The first-order chi connectivity index (χ1) is 17.2. The van der Waals surface area contributed by atoms with Gasteiger partial charge in [0.1, 0.15) is 11.3 Å². The fraction of sp³-hybridized carbons (Fsp3) is 0.250. The second-order valence-corrected chi connectivity index (χ2v) is 7.99. The van der Waals surface area contributed by atoms with Gasteiger partial charge in [0.05, 0.1) is 12.7 Å². The third-order valence-electron chi connectivity index (χ3n) is 5.45. The van der Waals surface area contributed by atoms with Crippen LogP contribution >= 0.6 is 12.4 Å². The standard InChI is InChI=1S/C22H21N5O2.C2HF3O2.ClH/c28-21-19(12-16-13-24-20-18(16)7-4-8-23-20)25-22(26-21)27-9-10-29-17(14-27)11-15-5-2-1-3-6-15;3-2(4,5)1(6)7;/h1-8,12-13,17H,9-11,14H2,(H,23,24)(H,25,26,28);(H,6,7);1H/t17-;;/m1../s1. The maximum absolute atomic E-state index is 12.5. The molecular formula is C24H23ClF3N5O4. The number of hydrogen-bond donors (Lipinski definition) is 3. The van der Waals surface area contributed by atoms with Gasteiger partial charge in [0, 0.05) is 42.9 Å². The van der Waals surface area contributed by atoms with Crippen molar-refractivity contribution in [1.29, 1.82) is 0 Å². The Kier molecular flexibility index (Phi) is 8.90. The topological polar surface area (TPSA) is 120 Å². The molecule has 2 aliphatic heterocycles. The number of nitrogens with one attached hydrogen (secondary N) is 2. The molecule has 13 heteroatoms. The Hall–Kier alpha value is -3.90. The Morgan fingerprint density at radius 2 is 1.95 bits per heavy atom. The molecular weight excluding hydrogens is 515 g/mol. The van der Waals surface area contributed by atoms with E-state index in [-0.39, 0.29) is 24.4 Å². The molecule has 1 fully saturated rings. The maximum Gasteiger partial charge on any atom is 0.490 e. The third kappa shape index (κ3) is 7.08. The van der Waals surface area contributed by atoms with E-state index in [1.165, 1.54) is 5.56 Å². The van der Waals surface area contributed by atoms with Gasteiger partial charge in [0.15, 0.2) is 0 Å². The highest BCUT2D eigenvalue weighted by Crippen LogP contribution is 2.21. The molecule has 1 aromatic carbocycles. The van der Waals surface area contributed by atoms with Crippen LogP contribution in [0, 0.1) is 0 Å². The number of carbonyl (C=O) groups is 2. The molecule has 0 spiro atoms.